The van der Waals surface area contributed by atoms with Crippen molar-refractivity contribution in [1.82, 2.24) is 9.88 Å². The number of thiazole rings is 1. The van der Waals surface area contributed by atoms with Gasteiger partial charge in [0.15, 0.2) is 16.5 Å². The number of piperidine rings is 1. The third kappa shape index (κ3) is 2.75. The number of aromatic nitrogens is 1. The van der Waals surface area contributed by atoms with Crippen LogP contribution in [0.25, 0.3) is 21.0 Å². The Morgan fingerprint density at radius 1 is 1.22 bits per heavy atom. The van der Waals surface area contributed by atoms with Gasteiger partial charge >= 0.3 is 0 Å². The van der Waals surface area contributed by atoms with E-state index in [1.54, 1.807) is 28.4 Å². The molecule has 1 aliphatic heterocycles. The van der Waals surface area contributed by atoms with Gasteiger partial charge < -0.3 is 14.4 Å². The van der Waals surface area contributed by atoms with Gasteiger partial charge in [0.1, 0.15) is 0 Å². The van der Waals surface area contributed by atoms with Gasteiger partial charge in [0.05, 0.1) is 16.3 Å². The van der Waals surface area contributed by atoms with Crippen molar-refractivity contribution in [1.29, 1.82) is 0 Å². The van der Waals surface area contributed by atoms with Gasteiger partial charge in [-0.3, -0.25) is 4.79 Å². The molecule has 4 rings (SSSR count). The Morgan fingerprint density at radius 3 is 2.78 bits per heavy atom. The van der Waals surface area contributed by atoms with Gasteiger partial charge in [0.25, 0.3) is 5.91 Å². The first-order chi connectivity index (χ1) is 11.2. The van der Waals surface area contributed by atoms with E-state index in [4.69, 9.17) is 4.42 Å². The fourth-order valence-corrected chi connectivity index (χ4v) is 3.70. The van der Waals surface area contributed by atoms with Crippen molar-refractivity contribution in [2.45, 2.75) is 18.9 Å². The van der Waals surface area contributed by atoms with Crippen LogP contribution in [0.2, 0.25) is 0 Å². The topological polar surface area (TPSA) is 66.6 Å². The van der Waals surface area contributed by atoms with Gasteiger partial charge in [-0.1, -0.05) is 12.1 Å². The number of hydrogen-bond donors (Lipinski definition) is 1. The second-order valence-electron chi connectivity index (χ2n) is 5.67. The molecule has 0 saturated carbocycles. The van der Waals surface area contributed by atoms with Crippen LogP contribution < -0.4 is 0 Å². The Labute approximate surface area is 137 Å². The van der Waals surface area contributed by atoms with E-state index in [9.17, 15) is 9.90 Å². The Morgan fingerprint density at radius 2 is 2.00 bits per heavy atom. The van der Waals surface area contributed by atoms with Crippen LogP contribution in [0.5, 0.6) is 0 Å². The van der Waals surface area contributed by atoms with Crippen molar-refractivity contribution in [3.63, 3.8) is 0 Å². The van der Waals surface area contributed by atoms with Crippen LogP contribution in [-0.2, 0) is 0 Å². The zero-order valence-corrected chi connectivity index (χ0v) is 13.3. The van der Waals surface area contributed by atoms with E-state index in [1.165, 1.54) is 0 Å². The normalized spacial score (nSPS) is 16.1. The van der Waals surface area contributed by atoms with Crippen molar-refractivity contribution >= 4 is 27.5 Å². The summed E-state index contributed by atoms with van der Waals surface area (Å²) in [6.45, 7) is 1.13. The Bertz CT molecular complexity index is 813. The number of furan rings is 1. The number of aliphatic hydroxyl groups excluding tert-OH is 1. The minimum absolute atomic E-state index is 0.121. The number of para-hydroxylation sites is 1. The van der Waals surface area contributed by atoms with E-state index in [0.717, 1.165) is 15.2 Å². The van der Waals surface area contributed by atoms with Crippen LogP contribution >= 0.6 is 11.3 Å². The zero-order valence-electron chi connectivity index (χ0n) is 12.4. The molecule has 1 saturated heterocycles. The lowest BCUT2D eigenvalue weighted by Gasteiger charge is -2.28. The standard InChI is InChI=1S/C17H16N2O3S/c20-11-7-9-19(10-8-11)17(21)14-6-5-13(22-14)16-18-12-3-1-2-4-15(12)23-16/h1-6,11,20H,7-10H2. The Balaban J connectivity index is 1.57. The molecule has 0 radical (unpaired) electrons. The quantitative estimate of drug-likeness (QED) is 0.785. The van der Waals surface area contributed by atoms with Crippen LogP contribution in [0, 0.1) is 0 Å². The molecule has 0 bridgehead atoms. The van der Waals surface area contributed by atoms with Crippen molar-refractivity contribution in [2.24, 2.45) is 0 Å². The summed E-state index contributed by atoms with van der Waals surface area (Å²) in [5, 5.41) is 10.3. The van der Waals surface area contributed by atoms with E-state index >= 15 is 0 Å². The smallest absolute Gasteiger partial charge is 0.289 e. The molecule has 1 aliphatic rings. The number of amides is 1. The summed E-state index contributed by atoms with van der Waals surface area (Å²) in [5.74, 6) is 0.825. The van der Waals surface area contributed by atoms with Crippen molar-refractivity contribution in [2.75, 3.05) is 13.1 Å². The summed E-state index contributed by atoms with van der Waals surface area (Å²) in [6.07, 6.45) is 0.947. The first kappa shape index (κ1) is 14.4. The van der Waals surface area contributed by atoms with Crippen molar-refractivity contribution < 1.29 is 14.3 Å². The van der Waals surface area contributed by atoms with E-state index in [0.29, 0.717) is 37.5 Å². The number of fused-ring (bicyclic) bond motifs is 1. The highest BCUT2D eigenvalue weighted by Crippen LogP contribution is 2.31. The molecule has 1 N–H and O–H groups in total. The van der Waals surface area contributed by atoms with Gasteiger partial charge in [-0.05, 0) is 37.1 Å². The molecule has 5 nitrogen and oxygen atoms in total. The van der Waals surface area contributed by atoms with Crippen LogP contribution in [-0.4, -0.2) is 40.1 Å². The zero-order chi connectivity index (χ0) is 15.8. The maximum absolute atomic E-state index is 12.5. The molecule has 0 spiro atoms. The van der Waals surface area contributed by atoms with Crippen LogP contribution in [0.3, 0.4) is 0 Å². The second-order valence-corrected chi connectivity index (χ2v) is 6.70. The maximum atomic E-state index is 12.5. The maximum Gasteiger partial charge on any atom is 0.289 e. The lowest BCUT2D eigenvalue weighted by molar-refractivity contribution is 0.0520. The monoisotopic (exact) mass is 328 g/mol. The van der Waals surface area contributed by atoms with Crippen LogP contribution in [0.1, 0.15) is 23.4 Å². The molecule has 23 heavy (non-hydrogen) atoms. The van der Waals surface area contributed by atoms with E-state index in [-0.39, 0.29) is 12.0 Å². The molecule has 0 unspecified atom stereocenters. The first-order valence-corrected chi connectivity index (χ1v) is 8.45. The first-order valence-electron chi connectivity index (χ1n) is 7.64. The largest absolute Gasteiger partial charge is 0.448 e. The third-order valence-corrected chi connectivity index (χ3v) is 5.12. The Hall–Kier alpha value is -2.18. The molecule has 6 heteroatoms. The molecule has 118 valence electrons. The predicted octanol–water partition coefficient (Wildman–Crippen LogP) is 3.15. The van der Waals surface area contributed by atoms with E-state index in [1.807, 2.05) is 24.3 Å². The second kappa shape index (κ2) is 5.79. The molecule has 3 heterocycles. The summed E-state index contributed by atoms with van der Waals surface area (Å²) in [4.78, 5) is 18.7. The fraction of sp³-hybridized carbons (Fsp3) is 0.294. The SMILES string of the molecule is O=C(c1ccc(-c2nc3ccccc3s2)o1)N1CCC(O)CC1. The molecule has 1 fully saturated rings. The predicted molar refractivity (Wildman–Crippen MR) is 88.5 cm³/mol. The summed E-state index contributed by atoms with van der Waals surface area (Å²) in [6, 6.07) is 11.4. The number of aliphatic hydroxyl groups is 1. The summed E-state index contributed by atoms with van der Waals surface area (Å²) >= 11 is 1.55. The number of carbonyl (C=O) groups is 1. The van der Waals surface area contributed by atoms with Crippen molar-refractivity contribution in [3.8, 4) is 10.8 Å². The molecular formula is C17H16N2O3S. The van der Waals surface area contributed by atoms with E-state index in [2.05, 4.69) is 4.98 Å². The molecular weight excluding hydrogens is 312 g/mol. The van der Waals surface area contributed by atoms with Gasteiger partial charge in [-0.25, -0.2) is 4.98 Å². The lowest BCUT2D eigenvalue weighted by atomic mass is 10.1. The van der Waals surface area contributed by atoms with Crippen LogP contribution in [0.4, 0.5) is 0 Å². The molecule has 3 aromatic rings. The van der Waals surface area contributed by atoms with E-state index < -0.39 is 0 Å². The highest BCUT2D eigenvalue weighted by Gasteiger charge is 2.24. The highest BCUT2D eigenvalue weighted by molar-refractivity contribution is 7.21. The lowest BCUT2D eigenvalue weighted by Crippen LogP contribution is -2.39. The number of nitrogens with zero attached hydrogens (tertiary/aromatic N) is 2. The van der Waals surface area contributed by atoms with Gasteiger partial charge in [0.2, 0.25) is 0 Å². The minimum Gasteiger partial charge on any atom is -0.448 e. The number of rotatable bonds is 2. The average molecular weight is 328 g/mol. The van der Waals surface area contributed by atoms with Crippen LogP contribution in [0.15, 0.2) is 40.8 Å². The Kier molecular flexibility index (Phi) is 3.63. The summed E-state index contributed by atoms with van der Waals surface area (Å²) in [5.41, 5.74) is 0.932. The molecule has 1 amide bonds. The van der Waals surface area contributed by atoms with Gasteiger partial charge in [-0.2, -0.15) is 0 Å². The number of hydrogen-bond acceptors (Lipinski definition) is 5. The minimum atomic E-state index is -0.297. The van der Waals surface area contributed by atoms with Gasteiger partial charge in [-0.15, -0.1) is 11.3 Å². The number of benzene rings is 1. The number of carbonyl (C=O) groups excluding carboxylic acids is 1. The summed E-state index contributed by atoms with van der Waals surface area (Å²) in [7, 11) is 0. The molecule has 1 aromatic carbocycles. The highest BCUT2D eigenvalue weighted by atomic mass is 32.1. The third-order valence-electron chi connectivity index (χ3n) is 4.07. The molecule has 0 atom stereocenters. The average Bonchev–Trinajstić information content (AvgIpc) is 3.21. The fourth-order valence-electron chi connectivity index (χ4n) is 2.77. The van der Waals surface area contributed by atoms with Gasteiger partial charge in [0, 0.05) is 13.1 Å². The molecule has 0 aliphatic carbocycles. The summed E-state index contributed by atoms with van der Waals surface area (Å²) < 4.78 is 6.83. The molecule has 2 aromatic heterocycles. The van der Waals surface area contributed by atoms with Crippen molar-refractivity contribution in [3.05, 3.63) is 42.2 Å². The number of likely N-dealkylation sites (tertiary alicyclic amines) is 1.